The summed E-state index contributed by atoms with van der Waals surface area (Å²) in [5.74, 6) is -0.284. The molecule has 2 aliphatic rings. The molecular weight excluding hydrogens is 258 g/mol. The van der Waals surface area contributed by atoms with Crippen LogP contribution in [0.1, 0.15) is 38.2 Å². The van der Waals surface area contributed by atoms with E-state index in [1.54, 1.807) is 0 Å². The van der Waals surface area contributed by atoms with E-state index in [1.807, 2.05) is 4.90 Å². The summed E-state index contributed by atoms with van der Waals surface area (Å²) in [7, 11) is 0. The van der Waals surface area contributed by atoms with Gasteiger partial charge in [0.2, 0.25) is 0 Å². The summed E-state index contributed by atoms with van der Waals surface area (Å²) < 4.78 is 28.4. The summed E-state index contributed by atoms with van der Waals surface area (Å²) in [6, 6.07) is 3.50. The summed E-state index contributed by atoms with van der Waals surface area (Å²) in [6.07, 6.45) is 4.45. The third-order valence-electron chi connectivity index (χ3n) is 4.43. The van der Waals surface area contributed by atoms with Crippen molar-refractivity contribution in [3.8, 4) is 0 Å². The van der Waals surface area contributed by atoms with Gasteiger partial charge in [-0.1, -0.05) is 13.3 Å². The Morgan fingerprint density at radius 1 is 1.20 bits per heavy atom. The van der Waals surface area contributed by atoms with Crippen molar-refractivity contribution in [3.05, 3.63) is 29.3 Å². The van der Waals surface area contributed by atoms with Gasteiger partial charge in [-0.25, -0.2) is 8.78 Å². The van der Waals surface area contributed by atoms with Crippen LogP contribution in [0.2, 0.25) is 0 Å². The maximum Gasteiger partial charge on any atom is 0.149 e. The van der Waals surface area contributed by atoms with Gasteiger partial charge in [-0.2, -0.15) is 0 Å². The summed E-state index contributed by atoms with van der Waals surface area (Å²) in [6.45, 7) is 4.21. The zero-order chi connectivity index (χ0) is 14.1. The normalized spacial score (nSPS) is 22.6. The second-order valence-electron chi connectivity index (χ2n) is 6.07. The van der Waals surface area contributed by atoms with Crippen LogP contribution in [0.3, 0.4) is 0 Å². The summed E-state index contributed by atoms with van der Waals surface area (Å²) in [4.78, 5) is 1.86. The number of nitrogens with one attached hydrogen (secondary N) is 1. The molecule has 110 valence electrons. The molecule has 3 rings (SSSR count). The Bertz CT molecular complexity index is 462. The fourth-order valence-corrected chi connectivity index (χ4v) is 2.94. The van der Waals surface area contributed by atoms with Gasteiger partial charge in [0.05, 0.1) is 0 Å². The molecule has 1 unspecified atom stereocenters. The van der Waals surface area contributed by atoms with Crippen LogP contribution in [0.25, 0.3) is 0 Å². The average molecular weight is 280 g/mol. The molecule has 4 heteroatoms. The molecule has 0 spiro atoms. The first-order valence-corrected chi connectivity index (χ1v) is 7.63. The second kappa shape index (κ2) is 5.68. The molecule has 0 amide bonds. The first kappa shape index (κ1) is 13.8. The largest absolute Gasteiger partial charge is 0.367 e. The van der Waals surface area contributed by atoms with Gasteiger partial charge in [0.25, 0.3) is 0 Å². The minimum Gasteiger partial charge on any atom is -0.367 e. The SMILES string of the molecule is CCC1CCN(c2c(F)cc(CNC3CC3)cc2F)C1. The number of rotatable bonds is 5. The van der Waals surface area contributed by atoms with Crippen molar-refractivity contribution in [1.82, 2.24) is 5.32 Å². The zero-order valence-corrected chi connectivity index (χ0v) is 12.0. The number of nitrogens with zero attached hydrogens (tertiary/aromatic N) is 1. The Hall–Kier alpha value is -1.16. The minimum absolute atomic E-state index is 0.163. The van der Waals surface area contributed by atoms with Crippen molar-refractivity contribution in [3.63, 3.8) is 0 Å². The van der Waals surface area contributed by atoms with Crippen LogP contribution >= 0.6 is 0 Å². The van der Waals surface area contributed by atoms with Crippen molar-refractivity contribution in [2.24, 2.45) is 5.92 Å². The highest BCUT2D eigenvalue weighted by atomic mass is 19.1. The van der Waals surface area contributed by atoms with E-state index in [0.717, 1.165) is 25.9 Å². The minimum atomic E-state index is -0.422. The van der Waals surface area contributed by atoms with Gasteiger partial charge in [-0.05, 0) is 42.9 Å². The molecule has 2 fully saturated rings. The van der Waals surface area contributed by atoms with Gasteiger partial charge in [0.1, 0.15) is 17.3 Å². The van der Waals surface area contributed by atoms with E-state index < -0.39 is 11.6 Å². The molecule has 1 atom stereocenters. The molecule has 0 aromatic heterocycles. The standard InChI is InChI=1S/C16H22F2N2/c1-2-11-5-6-20(10-11)16-14(17)7-12(8-15(16)18)9-19-13-3-4-13/h7-8,11,13,19H,2-6,9-10H2,1H3. The molecule has 1 N–H and O–H groups in total. The smallest absolute Gasteiger partial charge is 0.149 e. The fourth-order valence-electron chi connectivity index (χ4n) is 2.94. The van der Waals surface area contributed by atoms with Crippen LogP contribution in [-0.2, 0) is 6.54 Å². The van der Waals surface area contributed by atoms with Gasteiger partial charge < -0.3 is 10.2 Å². The van der Waals surface area contributed by atoms with Gasteiger partial charge in [0.15, 0.2) is 0 Å². The first-order valence-electron chi connectivity index (χ1n) is 7.63. The fraction of sp³-hybridized carbons (Fsp3) is 0.625. The molecule has 20 heavy (non-hydrogen) atoms. The van der Waals surface area contributed by atoms with E-state index in [1.165, 1.54) is 25.0 Å². The third kappa shape index (κ3) is 2.95. The molecule has 0 radical (unpaired) electrons. The van der Waals surface area contributed by atoms with Gasteiger partial charge in [-0.15, -0.1) is 0 Å². The molecule has 1 aromatic rings. The molecule has 1 aliphatic heterocycles. The monoisotopic (exact) mass is 280 g/mol. The Balaban J connectivity index is 1.74. The van der Waals surface area contributed by atoms with Crippen molar-refractivity contribution in [2.45, 2.75) is 45.2 Å². The third-order valence-corrected chi connectivity index (χ3v) is 4.43. The van der Waals surface area contributed by atoms with E-state index in [4.69, 9.17) is 0 Å². The van der Waals surface area contributed by atoms with Crippen LogP contribution in [0.15, 0.2) is 12.1 Å². The second-order valence-corrected chi connectivity index (χ2v) is 6.07. The molecule has 1 heterocycles. The van der Waals surface area contributed by atoms with Crippen molar-refractivity contribution < 1.29 is 8.78 Å². The first-order chi connectivity index (χ1) is 9.67. The van der Waals surface area contributed by atoms with Crippen LogP contribution in [0.4, 0.5) is 14.5 Å². The van der Waals surface area contributed by atoms with Crippen molar-refractivity contribution >= 4 is 5.69 Å². The summed E-state index contributed by atoms with van der Waals surface area (Å²) >= 11 is 0. The maximum absolute atomic E-state index is 14.2. The van der Waals surface area contributed by atoms with E-state index in [-0.39, 0.29) is 5.69 Å². The van der Waals surface area contributed by atoms with Crippen LogP contribution in [0, 0.1) is 17.6 Å². The maximum atomic E-state index is 14.2. The predicted octanol–water partition coefficient (Wildman–Crippen LogP) is 3.45. The highest BCUT2D eigenvalue weighted by Crippen LogP contribution is 2.31. The molecule has 1 aliphatic carbocycles. The highest BCUT2D eigenvalue weighted by molar-refractivity contribution is 5.51. The van der Waals surface area contributed by atoms with Gasteiger partial charge in [0, 0.05) is 25.7 Å². The highest BCUT2D eigenvalue weighted by Gasteiger charge is 2.26. The van der Waals surface area contributed by atoms with Crippen molar-refractivity contribution in [1.29, 1.82) is 0 Å². The van der Waals surface area contributed by atoms with Crippen molar-refractivity contribution in [2.75, 3.05) is 18.0 Å². The van der Waals surface area contributed by atoms with E-state index in [2.05, 4.69) is 12.2 Å². The van der Waals surface area contributed by atoms with Gasteiger partial charge >= 0.3 is 0 Å². The molecule has 2 nitrogen and oxygen atoms in total. The molecule has 1 aromatic carbocycles. The lowest BCUT2D eigenvalue weighted by Crippen LogP contribution is -2.23. The summed E-state index contributed by atoms with van der Waals surface area (Å²) in [5, 5.41) is 3.29. The number of anilines is 1. The van der Waals surface area contributed by atoms with Crippen LogP contribution in [-0.4, -0.2) is 19.1 Å². The zero-order valence-electron chi connectivity index (χ0n) is 12.0. The lowest BCUT2D eigenvalue weighted by Gasteiger charge is -2.20. The number of hydrogen-bond acceptors (Lipinski definition) is 2. The lowest BCUT2D eigenvalue weighted by molar-refractivity contribution is 0.555. The Morgan fingerprint density at radius 2 is 1.90 bits per heavy atom. The Kier molecular flexibility index (Phi) is 3.92. The van der Waals surface area contributed by atoms with E-state index >= 15 is 0 Å². The predicted molar refractivity (Wildman–Crippen MR) is 76.8 cm³/mol. The average Bonchev–Trinajstić information content (AvgIpc) is 3.13. The molecular formula is C16H22F2N2. The quantitative estimate of drug-likeness (QED) is 0.888. The van der Waals surface area contributed by atoms with E-state index in [0.29, 0.717) is 24.1 Å². The number of halogens is 2. The topological polar surface area (TPSA) is 15.3 Å². The molecule has 1 saturated carbocycles. The lowest BCUT2D eigenvalue weighted by atomic mass is 10.1. The Labute approximate surface area is 119 Å². The van der Waals surface area contributed by atoms with Gasteiger partial charge in [-0.3, -0.25) is 0 Å². The summed E-state index contributed by atoms with van der Waals surface area (Å²) in [5.41, 5.74) is 0.859. The van der Waals surface area contributed by atoms with Crippen LogP contribution < -0.4 is 10.2 Å². The number of hydrogen-bond donors (Lipinski definition) is 1. The van der Waals surface area contributed by atoms with Crippen LogP contribution in [0.5, 0.6) is 0 Å². The Morgan fingerprint density at radius 3 is 2.45 bits per heavy atom. The molecule has 1 saturated heterocycles. The number of benzene rings is 1. The van der Waals surface area contributed by atoms with E-state index in [9.17, 15) is 8.78 Å². The molecule has 0 bridgehead atoms.